The summed E-state index contributed by atoms with van der Waals surface area (Å²) in [6, 6.07) is -0.0972. The molecule has 1 rings (SSSR count). The number of aromatic nitrogens is 2. The zero-order valence-corrected chi connectivity index (χ0v) is 12.4. The van der Waals surface area contributed by atoms with Gasteiger partial charge < -0.3 is 11.1 Å². The lowest BCUT2D eigenvalue weighted by Crippen LogP contribution is -2.42. The molecule has 1 heterocycles. The van der Waals surface area contributed by atoms with Crippen molar-refractivity contribution in [2.75, 3.05) is 11.1 Å². The third-order valence-electron chi connectivity index (χ3n) is 2.95. The Morgan fingerprint density at radius 2 is 1.95 bits per heavy atom. The van der Waals surface area contributed by atoms with Crippen LogP contribution in [0.3, 0.4) is 0 Å². The number of nitrogens with zero attached hydrogens (tertiary/aromatic N) is 2. The first-order chi connectivity index (χ1) is 9.29. The highest BCUT2D eigenvalue weighted by Gasteiger charge is 2.17. The minimum atomic E-state index is -0.434. The van der Waals surface area contributed by atoms with Crippen molar-refractivity contribution in [3.63, 3.8) is 0 Å². The molecule has 0 spiro atoms. The van der Waals surface area contributed by atoms with Crippen LogP contribution in [0, 0.1) is 18.3 Å². The van der Waals surface area contributed by atoms with Crippen molar-refractivity contribution in [1.29, 1.82) is 0 Å². The highest BCUT2D eigenvalue weighted by atomic mass is 16.2. The fourth-order valence-electron chi connectivity index (χ4n) is 1.93. The van der Waals surface area contributed by atoms with Crippen LogP contribution in [0.15, 0.2) is 9.59 Å². The highest BCUT2D eigenvalue weighted by molar-refractivity contribution is 5.61. The van der Waals surface area contributed by atoms with E-state index >= 15 is 0 Å². The molecule has 0 aliphatic rings. The Morgan fingerprint density at radius 3 is 2.45 bits per heavy atom. The summed E-state index contributed by atoms with van der Waals surface area (Å²) in [6.07, 6.45) is 5.71. The standard InChI is InChI=1S/C14H22N4O2/c1-6-7-10(4)16-11-12(15)18(8-9(2)3)14(20)17(5)13(11)19/h1,9-10,16H,7-8,15H2,2-5H3. The van der Waals surface area contributed by atoms with Gasteiger partial charge in [0.15, 0.2) is 0 Å². The van der Waals surface area contributed by atoms with Crippen LogP contribution in [0.25, 0.3) is 0 Å². The summed E-state index contributed by atoms with van der Waals surface area (Å²) >= 11 is 0. The Hall–Kier alpha value is -2.16. The van der Waals surface area contributed by atoms with E-state index in [2.05, 4.69) is 11.2 Å². The number of rotatable bonds is 5. The second-order valence-corrected chi connectivity index (χ2v) is 5.37. The van der Waals surface area contributed by atoms with Crippen molar-refractivity contribution >= 4 is 11.5 Å². The van der Waals surface area contributed by atoms with E-state index in [1.165, 1.54) is 11.6 Å². The first-order valence-electron chi connectivity index (χ1n) is 6.58. The highest BCUT2D eigenvalue weighted by Crippen LogP contribution is 2.14. The Balaban J connectivity index is 3.38. The lowest BCUT2D eigenvalue weighted by atomic mass is 10.2. The predicted molar refractivity (Wildman–Crippen MR) is 81.7 cm³/mol. The van der Waals surface area contributed by atoms with Gasteiger partial charge in [0.05, 0.1) is 0 Å². The van der Waals surface area contributed by atoms with E-state index in [1.807, 2.05) is 20.8 Å². The third-order valence-corrected chi connectivity index (χ3v) is 2.95. The maximum atomic E-state index is 12.1. The van der Waals surface area contributed by atoms with Crippen molar-refractivity contribution < 1.29 is 0 Å². The normalized spacial score (nSPS) is 12.2. The summed E-state index contributed by atoms with van der Waals surface area (Å²) in [5.41, 5.74) is 5.37. The molecule has 1 aromatic rings. The minimum Gasteiger partial charge on any atom is -0.383 e. The van der Waals surface area contributed by atoms with E-state index in [1.54, 1.807) is 0 Å². The van der Waals surface area contributed by atoms with Crippen molar-refractivity contribution in [3.05, 3.63) is 20.8 Å². The van der Waals surface area contributed by atoms with Gasteiger partial charge in [0.1, 0.15) is 11.5 Å². The second kappa shape index (κ2) is 6.33. The van der Waals surface area contributed by atoms with Gasteiger partial charge >= 0.3 is 5.69 Å². The quantitative estimate of drug-likeness (QED) is 0.773. The number of nitrogens with two attached hydrogens (primary N) is 1. The lowest BCUT2D eigenvalue weighted by molar-refractivity contribution is 0.494. The van der Waals surface area contributed by atoms with Crippen LogP contribution in [-0.2, 0) is 13.6 Å². The minimum absolute atomic E-state index is 0.0972. The number of nitrogen functional groups attached to an aromatic ring is 1. The van der Waals surface area contributed by atoms with Gasteiger partial charge in [-0.3, -0.25) is 13.9 Å². The lowest BCUT2D eigenvalue weighted by Gasteiger charge is -2.19. The van der Waals surface area contributed by atoms with Crippen LogP contribution in [-0.4, -0.2) is 15.2 Å². The third kappa shape index (κ3) is 3.23. The molecule has 1 aromatic heterocycles. The van der Waals surface area contributed by atoms with Crippen LogP contribution < -0.4 is 22.3 Å². The van der Waals surface area contributed by atoms with Gasteiger partial charge in [-0.2, -0.15) is 0 Å². The average Bonchev–Trinajstić information content (AvgIpc) is 2.37. The average molecular weight is 278 g/mol. The van der Waals surface area contributed by atoms with E-state index in [0.29, 0.717) is 13.0 Å². The maximum absolute atomic E-state index is 12.1. The molecule has 110 valence electrons. The van der Waals surface area contributed by atoms with E-state index < -0.39 is 11.2 Å². The topological polar surface area (TPSA) is 82.0 Å². The summed E-state index contributed by atoms with van der Waals surface area (Å²) < 4.78 is 2.47. The molecule has 0 radical (unpaired) electrons. The molecule has 6 heteroatoms. The van der Waals surface area contributed by atoms with Gasteiger partial charge in [0.25, 0.3) is 5.56 Å². The largest absolute Gasteiger partial charge is 0.383 e. The molecule has 0 aliphatic carbocycles. The molecule has 1 atom stereocenters. The van der Waals surface area contributed by atoms with Gasteiger partial charge in [-0.25, -0.2) is 4.79 Å². The van der Waals surface area contributed by atoms with Crippen LogP contribution in [0.2, 0.25) is 0 Å². The SMILES string of the molecule is C#CCC(C)Nc1c(N)n(CC(C)C)c(=O)n(C)c1=O. The van der Waals surface area contributed by atoms with Crippen molar-refractivity contribution in [3.8, 4) is 12.3 Å². The predicted octanol–water partition coefficient (Wildman–Crippen LogP) is 0.609. The first-order valence-corrected chi connectivity index (χ1v) is 6.58. The Morgan fingerprint density at radius 1 is 1.35 bits per heavy atom. The molecule has 0 fully saturated rings. The van der Waals surface area contributed by atoms with E-state index in [9.17, 15) is 9.59 Å². The zero-order valence-electron chi connectivity index (χ0n) is 12.4. The number of terminal acetylenes is 1. The Bertz CT molecular complexity index is 634. The summed E-state index contributed by atoms with van der Waals surface area (Å²) in [5, 5.41) is 3.00. The van der Waals surface area contributed by atoms with E-state index in [-0.39, 0.29) is 23.5 Å². The molecule has 0 saturated heterocycles. The number of hydrogen-bond donors (Lipinski definition) is 2. The van der Waals surface area contributed by atoms with Gasteiger partial charge in [0, 0.05) is 26.1 Å². The molecule has 20 heavy (non-hydrogen) atoms. The van der Waals surface area contributed by atoms with Gasteiger partial charge in [-0.15, -0.1) is 12.3 Å². The molecular formula is C14H22N4O2. The number of nitrogens with one attached hydrogen (secondary N) is 1. The van der Waals surface area contributed by atoms with Crippen LogP contribution >= 0.6 is 0 Å². The van der Waals surface area contributed by atoms with E-state index in [4.69, 9.17) is 12.2 Å². The Labute approximate surface area is 118 Å². The van der Waals surface area contributed by atoms with Crippen LogP contribution in [0.1, 0.15) is 27.2 Å². The summed E-state index contributed by atoms with van der Waals surface area (Å²) in [6.45, 7) is 6.27. The molecule has 0 saturated carbocycles. The smallest absolute Gasteiger partial charge is 0.332 e. The first kappa shape index (κ1) is 15.9. The molecule has 3 N–H and O–H groups in total. The zero-order chi connectivity index (χ0) is 15.4. The van der Waals surface area contributed by atoms with Crippen LogP contribution in [0.4, 0.5) is 11.5 Å². The van der Waals surface area contributed by atoms with Gasteiger partial charge in [-0.05, 0) is 12.8 Å². The maximum Gasteiger partial charge on any atom is 0.332 e. The molecular weight excluding hydrogens is 256 g/mol. The van der Waals surface area contributed by atoms with Gasteiger partial charge in [-0.1, -0.05) is 13.8 Å². The Kier molecular flexibility index (Phi) is 5.03. The molecule has 0 aromatic carbocycles. The molecule has 0 bridgehead atoms. The number of hydrogen-bond acceptors (Lipinski definition) is 4. The summed E-state index contributed by atoms with van der Waals surface area (Å²) in [4.78, 5) is 24.2. The monoisotopic (exact) mass is 278 g/mol. The molecule has 0 amide bonds. The fraction of sp³-hybridized carbons (Fsp3) is 0.571. The second-order valence-electron chi connectivity index (χ2n) is 5.37. The van der Waals surface area contributed by atoms with Crippen LogP contribution in [0.5, 0.6) is 0 Å². The van der Waals surface area contributed by atoms with Crippen molar-refractivity contribution in [1.82, 2.24) is 9.13 Å². The van der Waals surface area contributed by atoms with Crippen molar-refractivity contribution in [2.24, 2.45) is 13.0 Å². The molecule has 1 unspecified atom stereocenters. The summed E-state index contributed by atoms with van der Waals surface area (Å²) in [5.74, 6) is 2.92. The van der Waals surface area contributed by atoms with Crippen molar-refractivity contribution in [2.45, 2.75) is 39.8 Å². The number of anilines is 2. The fourth-order valence-corrected chi connectivity index (χ4v) is 1.93. The van der Waals surface area contributed by atoms with E-state index in [0.717, 1.165) is 4.57 Å². The molecule has 0 aliphatic heterocycles. The van der Waals surface area contributed by atoms with Gasteiger partial charge in [0.2, 0.25) is 0 Å². The summed E-state index contributed by atoms with van der Waals surface area (Å²) in [7, 11) is 1.44. The molecule has 6 nitrogen and oxygen atoms in total.